The molecule has 96 valence electrons. The molecule has 2 nitrogen and oxygen atoms in total. The zero-order chi connectivity index (χ0) is 12.0. The van der Waals surface area contributed by atoms with E-state index in [1.807, 2.05) is 0 Å². The molecule has 1 fully saturated rings. The first-order chi connectivity index (χ1) is 7.60. The van der Waals surface area contributed by atoms with E-state index in [4.69, 9.17) is 0 Å². The maximum absolute atomic E-state index is 3.75. The third-order valence-corrected chi connectivity index (χ3v) is 4.19. The van der Waals surface area contributed by atoms with E-state index in [2.05, 4.69) is 37.9 Å². The molecule has 0 aromatic carbocycles. The van der Waals surface area contributed by atoms with E-state index in [9.17, 15) is 0 Å². The van der Waals surface area contributed by atoms with Crippen LogP contribution in [0.1, 0.15) is 53.4 Å². The van der Waals surface area contributed by atoms with Crippen LogP contribution in [0.3, 0.4) is 0 Å². The molecule has 1 atom stereocenters. The van der Waals surface area contributed by atoms with Crippen molar-refractivity contribution in [2.24, 2.45) is 5.41 Å². The van der Waals surface area contributed by atoms with Crippen molar-refractivity contribution in [2.45, 2.75) is 59.4 Å². The van der Waals surface area contributed by atoms with Gasteiger partial charge in [0.1, 0.15) is 0 Å². The average Bonchev–Trinajstić information content (AvgIpc) is 2.58. The van der Waals surface area contributed by atoms with Crippen LogP contribution in [0.25, 0.3) is 0 Å². The van der Waals surface area contributed by atoms with E-state index < -0.39 is 0 Å². The molecule has 0 heterocycles. The van der Waals surface area contributed by atoms with Crippen molar-refractivity contribution < 1.29 is 0 Å². The Labute approximate surface area is 102 Å². The predicted octanol–water partition coefficient (Wildman–Crippen LogP) is 2.89. The lowest BCUT2D eigenvalue weighted by atomic mass is 9.87. The van der Waals surface area contributed by atoms with Crippen LogP contribution in [0.5, 0.6) is 0 Å². The maximum atomic E-state index is 3.75. The Morgan fingerprint density at radius 2 is 1.94 bits per heavy atom. The number of nitrogens with one attached hydrogen (secondary N) is 1. The first kappa shape index (κ1) is 14.0. The molecule has 1 aliphatic rings. The van der Waals surface area contributed by atoms with Crippen molar-refractivity contribution in [3.05, 3.63) is 0 Å². The van der Waals surface area contributed by atoms with Gasteiger partial charge in [-0.1, -0.05) is 34.1 Å². The molecule has 1 aliphatic carbocycles. The lowest BCUT2D eigenvalue weighted by molar-refractivity contribution is 0.265. The van der Waals surface area contributed by atoms with E-state index >= 15 is 0 Å². The van der Waals surface area contributed by atoms with Crippen LogP contribution in [0.15, 0.2) is 0 Å². The number of rotatable bonds is 7. The SMILES string of the molecule is CCN(CC)CCCNC1CCCC1(C)C. The van der Waals surface area contributed by atoms with Crippen molar-refractivity contribution in [3.63, 3.8) is 0 Å². The van der Waals surface area contributed by atoms with Crippen LogP contribution in [0.2, 0.25) is 0 Å². The summed E-state index contributed by atoms with van der Waals surface area (Å²) in [6.07, 6.45) is 5.45. The van der Waals surface area contributed by atoms with Gasteiger partial charge in [0.2, 0.25) is 0 Å². The monoisotopic (exact) mass is 226 g/mol. The van der Waals surface area contributed by atoms with Crippen molar-refractivity contribution in [2.75, 3.05) is 26.2 Å². The van der Waals surface area contributed by atoms with Gasteiger partial charge < -0.3 is 10.2 Å². The molecule has 0 aliphatic heterocycles. The summed E-state index contributed by atoms with van der Waals surface area (Å²) in [6.45, 7) is 14.1. The van der Waals surface area contributed by atoms with Gasteiger partial charge in [0.25, 0.3) is 0 Å². The molecule has 1 rings (SSSR count). The minimum Gasteiger partial charge on any atom is -0.313 e. The lowest BCUT2D eigenvalue weighted by Crippen LogP contribution is -2.39. The van der Waals surface area contributed by atoms with Gasteiger partial charge in [-0.05, 0) is 50.9 Å². The minimum absolute atomic E-state index is 0.523. The van der Waals surface area contributed by atoms with Gasteiger partial charge >= 0.3 is 0 Å². The quantitative estimate of drug-likeness (QED) is 0.672. The first-order valence-corrected chi connectivity index (χ1v) is 7.06. The van der Waals surface area contributed by atoms with Crippen LogP contribution in [0, 0.1) is 5.41 Å². The van der Waals surface area contributed by atoms with E-state index in [0.717, 1.165) is 6.04 Å². The number of hydrogen-bond donors (Lipinski definition) is 1. The Bertz CT molecular complexity index is 185. The zero-order valence-corrected chi connectivity index (χ0v) is 11.7. The van der Waals surface area contributed by atoms with E-state index in [-0.39, 0.29) is 0 Å². The lowest BCUT2D eigenvalue weighted by Gasteiger charge is -2.28. The van der Waals surface area contributed by atoms with Crippen LogP contribution in [0.4, 0.5) is 0 Å². The summed E-state index contributed by atoms with van der Waals surface area (Å²) >= 11 is 0. The summed E-state index contributed by atoms with van der Waals surface area (Å²) in [6, 6.07) is 0.754. The van der Waals surface area contributed by atoms with Crippen molar-refractivity contribution in [3.8, 4) is 0 Å². The summed E-state index contributed by atoms with van der Waals surface area (Å²) in [7, 11) is 0. The molecular weight excluding hydrogens is 196 g/mol. The predicted molar refractivity (Wildman–Crippen MR) is 71.8 cm³/mol. The summed E-state index contributed by atoms with van der Waals surface area (Å²) in [5.74, 6) is 0. The fraction of sp³-hybridized carbons (Fsp3) is 1.00. The van der Waals surface area contributed by atoms with Crippen molar-refractivity contribution in [1.29, 1.82) is 0 Å². The second-order valence-electron chi connectivity index (χ2n) is 5.77. The Balaban J connectivity index is 2.11. The molecule has 1 saturated carbocycles. The van der Waals surface area contributed by atoms with E-state index in [0.29, 0.717) is 5.41 Å². The highest BCUT2D eigenvalue weighted by atomic mass is 15.1. The molecule has 0 radical (unpaired) electrons. The molecule has 0 bridgehead atoms. The summed E-state index contributed by atoms with van der Waals surface area (Å²) in [5, 5.41) is 3.75. The molecule has 0 aromatic heterocycles. The highest BCUT2D eigenvalue weighted by molar-refractivity contribution is 4.89. The average molecular weight is 226 g/mol. The Hall–Kier alpha value is -0.0800. The van der Waals surface area contributed by atoms with Crippen LogP contribution in [-0.4, -0.2) is 37.1 Å². The summed E-state index contributed by atoms with van der Waals surface area (Å²) < 4.78 is 0. The second-order valence-corrected chi connectivity index (χ2v) is 5.77. The fourth-order valence-electron chi connectivity index (χ4n) is 2.82. The van der Waals surface area contributed by atoms with E-state index in [1.165, 1.54) is 51.9 Å². The largest absolute Gasteiger partial charge is 0.313 e. The van der Waals surface area contributed by atoms with Crippen LogP contribution >= 0.6 is 0 Å². The zero-order valence-electron chi connectivity index (χ0n) is 11.7. The van der Waals surface area contributed by atoms with Crippen LogP contribution in [-0.2, 0) is 0 Å². The van der Waals surface area contributed by atoms with Gasteiger partial charge in [-0.3, -0.25) is 0 Å². The summed E-state index contributed by atoms with van der Waals surface area (Å²) in [4.78, 5) is 2.50. The smallest absolute Gasteiger partial charge is 0.0118 e. The Kier molecular flexibility index (Phi) is 5.77. The number of nitrogens with zero attached hydrogens (tertiary/aromatic N) is 1. The van der Waals surface area contributed by atoms with Gasteiger partial charge in [-0.15, -0.1) is 0 Å². The third-order valence-electron chi connectivity index (χ3n) is 4.19. The Morgan fingerprint density at radius 1 is 1.25 bits per heavy atom. The van der Waals surface area contributed by atoms with Gasteiger partial charge in [0, 0.05) is 6.04 Å². The molecule has 0 amide bonds. The van der Waals surface area contributed by atoms with Gasteiger partial charge in [0.05, 0.1) is 0 Å². The molecule has 2 heteroatoms. The van der Waals surface area contributed by atoms with E-state index in [1.54, 1.807) is 0 Å². The second kappa shape index (κ2) is 6.61. The molecule has 16 heavy (non-hydrogen) atoms. The third kappa shape index (κ3) is 4.06. The fourth-order valence-corrected chi connectivity index (χ4v) is 2.82. The molecule has 0 spiro atoms. The molecular formula is C14H30N2. The molecule has 0 saturated heterocycles. The molecule has 1 unspecified atom stereocenters. The normalized spacial score (nSPS) is 24.2. The van der Waals surface area contributed by atoms with Gasteiger partial charge in [-0.25, -0.2) is 0 Å². The summed E-state index contributed by atoms with van der Waals surface area (Å²) in [5.41, 5.74) is 0.523. The minimum atomic E-state index is 0.523. The molecule has 0 aromatic rings. The number of hydrogen-bond acceptors (Lipinski definition) is 2. The maximum Gasteiger partial charge on any atom is 0.0118 e. The van der Waals surface area contributed by atoms with Crippen molar-refractivity contribution >= 4 is 0 Å². The van der Waals surface area contributed by atoms with Gasteiger partial charge in [0.15, 0.2) is 0 Å². The highest BCUT2D eigenvalue weighted by Gasteiger charge is 2.33. The standard InChI is InChI=1S/C14H30N2/c1-5-16(6-2)12-8-11-15-13-9-7-10-14(13,3)4/h13,15H,5-12H2,1-4H3. The van der Waals surface area contributed by atoms with Gasteiger partial charge in [-0.2, -0.15) is 0 Å². The topological polar surface area (TPSA) is 15.3 Å². The van der Waals surface area contributed by atoms with Crippen molar-refractivity contribution in [1.82, 2.24) is 10.2 Å². The Morgan fingerprint density at radius 3 is 2.44 bits per heavy atom. The molecule has 1 N–H and O–H groups in total. The van der Waals surface area contributed by atoms with Crippen LogP contribution < -0.4 is 5.32 Å². The first-order valence-electron chi connectivity index (χ1n) is 7.06. The highest BCUT2D eigenvalue weighted by Crippen LogP contribution is 2.36.